The van der Waals surface area contributed by atoms with Crippen LogP contribution in [0.15, 0.2) is 53.4 Å². The SMILES string of the molecule is CC(C)(C)C(=O)C1=C(O)C(=O)N(Cc2cccs2)C1c1ccncc1. The number of ketones is 1. The van der Waals surface area contributed by atoms with Gasteiger partial charge in [-0.25, -0.2) is 0 Å². The summed E-state index contributed by atoms with van der Waals surface area (Å²) in [5, 5.41) is 12.4. The average Bonchev–Trinajstić information content (AvgIpc) is 3.16. The molecule has 0 fully saturated rings. The molecule has 3 rings (SSSR count). The molecule has 6 heteroatoms. The monoisotopic (exact) mass is 356 g/mol. The Bertz CT molecular complexity index is 820. The van der Waals surface area contributed by atoms with Crippen LogP contribution in [0.3, 0.4) is 0 Å². The Morgan fingerprint density at radius 2 is 1.96 bits per heavy atom. The van der Waals surface area contributed by atoms with Crippen LogP contribution in [0.5, 0.6) is 0 Å². The molecule has 1 aliphatic rings. The van der Waals surface area contributed by atoms with Crippen LogP contribution in [-0.2, 0) is 16.1 Å². The first-order chi connectivity index (χ1) is 11.8. The quantitative estimate of drug-likeness (QED) is 0.908. The summed E-state index contributed by atoms with van der Waals surface area (Å²) in [4.78, 5) is 32.2. The highest BCUT2D eigenvalue weighted by Crippen LogP contribution is 2.41. The molecule has 0 spiro atoms. The Hall–Kier alpha value is -2.47. The summed E-state index contributed by atoms with van der Waals surface area (Å²) in [7, 11) is 0. The smallest absolute Gasteiger partial charge is 0.290 e. The zero-order valence-electron chi connectivity index (χ0n) is 14.4. The molecule has 1 N–H and O–H groups in total. The Kier molecular flexibility index (Phi) is 4.47. The summed E-state index contributed by atoms with van der Waals surface area (Å²) in [6.45, 7) is 5.69. The number of thiophene rings is 1. The molecule has 0 saturated carbocycles. The third-order valence-electron chi connectivity index (χ3n) is 4.16. The number of nitrogens with zero attached hydrogens (tertiary/aromatic N) is 2. The van der Waals surface area contributed by atoms with Crippen molar-refractivity contribution in [1.29, 1.82) is 0 Å². The van der Waals surface area contributed by atoms with Crippen molar-refractivity contribution < 1.29 is 14.7 Å². The van der Waals surface area contributed by atoms with Crippen molar-refractivity contribution in [2.45, 2.75) is 33.4 Å². The van der Waals surface area contributed by atoms with E-state index in [1.165, 1.54) is 11.3 Å². The van der Waals surface area contributed by atoms with Crippen LogP contribution < -0.4 is 0 Å². The van der Waals surface area contributed by atoms with Crippen LogP contribution >= 0.6 is 11.3 Å². The van der Waals surface area contributed by atoms with Gasteiger partial charge >= 0.3 is 0 Å². The van der Waals surface area contributed by atoms with Crippen molar-refractivity contribution in [3.05, 3.63) is 63.8 Å². The number of pyridine rings is 1. The molecule has 0 radical (unpaired) electrons. The number of hydrogen-bond donors (Lipinski definition) is 1. The zero-order valence-corrected chi connectivity index (χ0v) is 15.2. The van der Waals surface area contributed by atoms with Gasteiger partial charge in [-0.3, -0.25) is 14.6 Å². The molecular formula is C19H20N2O3S. The van der Waals surface area contributed by atoms with Gasteiger partial charge in [-0.1, -0.05) is 26.8 Å². The minimum absolute atomic E-state index is 0.167. The highest BCUT2D eigenvalue weighted by Gasteiger charge is 2.45. The molecule has 1 atom stereocenters. The lowest BCUT2D eigenvalue weighted by Gasteiger charge is -2.28. The molecule has 2 aromatic rings. The second kappa shape index (κ2) is 6.44. The van der Waals surface area contributed by atoms with Crippen LogP contribution in [0.1, 0.15) is 37.3 Å². The fraction of sp³-hybridized carbons (Fsp3) is 0.316. The lowest BCUT2D eigenvalue weighted by molar-refractivity contribution is -0.130. The van der Waals surface area contributed by atoms with Gasteiger partial charge in [-0.05, 0) is 29.1 Å². The second-order valence-corrected chi connectivity index (χ2v) is 8.07. The van der Waals surface area contributed by atoms with Gasteiger partial charge in [-0.15, -0.1) is 11.3 Å². The third-order valence-corrected chi connectivity index (χ3v) is 5.02. The van der Waals surface area contributed by atoms with Crippen molar-refractivity contribution in [3.63, 3.8) is 0 Å². The van der Waals surface area contributed by atoms with E-state index >= 15 is 0 Å². The van der Waals surface area contributed by atoms with Gasteiger partial charge in [-0.2, -0.15) is 0 Å². The van der Waals surface area contributed by atoms with Crippen LogP contribution in [0.25, 0.3) is 0 Å². The van der Waals surface area contributed by atoms with E-state index in [-0.39, 0.29) is 11.4 Å². The average molecular weight is 356 g/mol. The largest absolute Gasteiger partial charge is 0.503 e. The van der Waals surface area contributed by atoms with Gasteiger partial charge in [0.1, 0.15) is 0 Å². The van der Waals surface area contributed by atoms with Crippen molar-refractivity contribution in [3.8, 4) is 0 Å². The Morgan fingerprint density at radius 3 is 2.52 bits per heavy atom. The molecule has 25 heavy (non-hydrogen) atoms. The first kappa shape index (κ1) is 17.4. The number of rotatable bonds is 4. The maximum absolute atomic E-state index is 12.9. The van der Waals surface area contributed by atoms with Gasteiger partial charge in [0.25, 0.3) is 5.91 Å². The van der Waals surface area contributed by atoms with E-state index in [1.54, 1.807) is 50.2 Å². The normalized spacial score (nSPS) is 18.1. The van der Waals surface area contributed by atoms with E-state index in [0.29, 0.717) is 6.54 Å². The maximum Gasteiger partial charge on any atom is 0.290 e. The molecule has 1 amide bonds. The van der Waals surface area contributed by atoms with Gasteiger partial charge in [0.05, 0.1) is 18.2 Å². The molecule has 130 valence electrons. The van der Waals surface area contributed by atoms with Gasteiger partial charge in [0.2, 0.25) is 0 Å². The summed E-state index contributed by atoms with van der Waals surface area (Å²) in [6, 6.07) is 6.78. The molecule has 1 unspecified atom stereocenters. The lowest BCUT2D eigenvalue weighted by atomic mass is 9.82. The van der Waals surface area contributed by atoms with Crippen LogP contribution in [0.2, 0.25) is 0 Å². The van der Waals surface area contributed by atoms with E-state index in [1.807, 2.05) is 17.5 Å². The molecular weight excluding hydrogens is 336 g/mol. The van der Waals surface area contributed by atoms with Gasteiger partial charge in [0, 0.05) is 22.7 Å². The van der Waals surface area contributed by atoms with E-state index in [4.69, 9.17) is 0 Å². The number of aliphatic hydroxyl groups is 1. The number of aliphatic hydroxyl groups excluding tert-OH is 1. The lowest BCUT2D eigenvalue weighted by Crippen LogP contribution is -2.32. The highest BCUT2D eigenvalue weighted by atomic mass is 32.1. The van der Waals surface area contributed by atoms with Gasteiger partial charge in [0.15, 0.2) is 11.5 Å². The fourth-order valence-corrected chi connectivity index (χ4v) is 3.62. The number of aromatic nitrogens is 1. The summed E-state index contributed by atoms with van der Waals surface area (Å²) in [6.07, 6.45) is 3.25. The predicted octanol–water partition coefficient (Wildman–Crippen LogP) is 3.65. The van der Waals surface area contributed by atoms with E-state index < -0.39 is 23.1 Å². The van der Waals surface area contributed by atoms with E-state index in [0.717, 1.165) is 10.4 Å². The summed E-state index contributed by atoms with van der Waals surface area (Å²) in [5.74, 6) is -1.19. The number of carbonyl (C=O) groups excluding carboxylic acids is 2. The minimum Gasteiger partial charge on any atom is -0.503 e. The molecule has 0 aromatic carbocycles. The molecule has 0 aliphatic carbocycles. The van der Waals surface area contributed by atoms with Crippen LogP contribution in [-0.4, -0.2) is 26.7 Å². The molecule has 5 nitrogen and oxygen atoms in total. The third kappa shape index (κ3) is 3.22. The number of amides is 1. The van der Waals surface area contributed by atoms with Gasteiger partial charge < -0.3 is 10.0 Å². The minimum atomic E-state index is -0.701. The van der Waals surface area contributed by atoms with E-state index in [2.05, 4.69) is 4.98 Å². The fourth-order valence-electron chi connectivity index (χ4n) is 2.92. The predicted molar refractivity (Wildman–Crippen MR) is 96.0 cm³/mol. The maximum atomic E-state index is 12.9. The molecule has 2 aromatic heterocycles. The first-order valence-electron chi connectivity index (χ1n) is 8.02. The van der Waals surface area contributed by atoms with Crippen molar-refractivity contribution in [2.75, 3.05) is 0 Å². The van der Waals surface area contributed by atoms with Crippen molar-refractivity contribution in [1.82, 2.24) is 9.88 Å². The van der Waals surface area contributed by atoms with Crippen LogP contribution in [0.4, 0.5) is 0 Å². The van der Waals surface area contributed by atoms with E-state index in [9.17, 15) is 14.7 Å². The summed E-state index contributed by atoms with van der Waals surface area (Å²) in [5.41, 5.74) is 0.227. The summed E-state index contributed by atoms with van der Waals surface area (Å²) < 4.78 is 0. The Labute approximate surface area is 150 Å². The topological polar surface area (TPSA) is 70.5 Å². The number of hydrogen-bond acceptors (Lipinski definition) is 5. The summed E-state index contributed by atoms with van der Waals surface area (Å²) >= 11 is 1.53. The number of carbonyl (C=O) groups is 2. The highest BCUT2D eigenvalue weighted by molar-refractivity contribution is 7.09. The van der Waals surface area contributed by atoms with Crippen molar-refractivity contribution in [2.24, 2.45) is 5.41 Å². The Balaban J connectivity index is 2.08. The zero-order chi connectivity index (χ0) is 18.2. The first-order valence-corrected chi connectivity index (χ1v) is 8.90. The van der Waals surface area contributed by atoms with Crippen LogP contribution in [0, 0.1) is 5.41 Å². The molecule has 3 heterocycles. The van der Waals surface area contributed by atoms with Crippen molar-refractivity contribution >= 4 is 23.0 Å². The standard InChI is InChI=1S/C19H20N2O3S/c1-19(2,3)17(23)14-15(12-6-8-20-9-7-12)21(18(24)16(14)22)11-13-5-4-10-25-13/h4-10,15,22H,11H2,1-3H3. The molecule has 0 saturated heterocycles. The number of Topliss-reactive ketones (excluding diaryl/α,β-unsaturated/α-hetero) is 1. The molecule has 1 aliphatic heterocycles. The molecule has 0 bridgehead atoms. The Morgan fingerprint density at radius 1 is 1.28 bits per heavy atom. The second-order valence-electron chi connectivity index (χ2n) is 7.04.